The molecule has 2 aromatic carbocycles. The van der Waals surface area contributed by atoms with Gasteiger partial charge in [0.25, 0.3) is 5.91 Å². The van der Waals surface area contributed by atoms with Crippen LogP contribution in [0.5, 0.6) is 17.2 Å². The normalized spacial score (nSPS) is 10.1. The molecule has 0 unspecified atom stereocenters. The second-order valence-corrected chi connectivity index (χ2v) is 4.79. The molecule has 0 aliphatic heterocycles. The Bertz CT molecular complexity index is 690. The predicted molar refractivity (Wildman–Crippen MR) is 89.3 cm³/mol. The van der Waals surface area contributed by atoms with Gasteiger partial charge in [-0.1, -0.05) is 12.1 Å². The SMILES string of the molecule is CCOc1ccc(NC(=O)COc2ccccc2F)cc1OCC. The number of amides is 1. The molecule has 0 bridgehead atoms. The van der Waals surface area contributed by atoms with Crippen LogP contribution in [0.15, 0.2) is 42.5 Å². The maximum atomic E-state index is 13.4. The summed E-state index contributed by atoms with van der Waals surface area (Å²) in [4.78, 5) is 11.9. The van der Waals surface area contributed by atoms with Crippen LogP contribution >= 0.6 is 0 Å². The highest BCUT2D eigenvalue weighted by molar-refractivity contribution is 5.92. The Kier molecular flexibility index (Phi) is 6.42. The van der Waals surface area contributed by atoms with Crippen molar-refractivity contribution in [2.24, 2.45) is 0 Å². The van der Waals surface area contributed by atoms with Crippen molar-refractivity contribution < 1.29 is 23.4 Å². The van der Waals surface area contributed by atoms with Crippen LogP contribution in [0, 0.1) is 5.82 Å². The van der Waals surface area contributed by atoms with Crippen molar-refractivity contribution in [3.63, 3.8) is 0 Å². The minimum Gasteiger partial charge on any atom is -0.490 e. The van der Waals surface area contributed by atoms with E-state index in [4.69, 9.17) is 14.2 Å². The lowest BCUT2D eigenvalue weighted by Gasteiger charge is -2.13. The van der Waals surface area contributed by atoms with Crippen molar-refractivity contribution in [3.8, 4) is 17.2 Å². The van der Waals surface area contributed by atoms with Gasteiger partial charge in [-0.3, -0.25) is 4.79 Å². The van der Waals surface area contributed by atoms with Crippen molar-refractivity contribution in [1.29, 1.82) is 0 Å². The van der Waals surface area contributed by atoms with Gasteiger partial charge in [0.05, 0.1) is 13.2 Å². The van der Waals surface area contributed by atoms with Crippen molar-refractivity contribution in [2.75, 3.05) is 25.1 Å². The highest BCUT2D eigenvalue weighted by Gasteiger charge is 2.10. The minimum atomic E-state index is -0.509. The molecule has 0 aromatic heterocycles. The van der Waals surface area contributed by atoms with Gasteiger partial charge in [-0.25, -0.2) is 4.39 Å². The Labute approximate surface area is 140 Å². The number of hydrogen-bond donors (Lipinski definition) is 1. The molecule has 2 rings (SSSR count). The summed E-state index contributed by atoms with van der Waals surface area (Å²) in [5.74, 6) is 0.288. The van der Waals surface area contributed by atoms with Crippen LogP contribution in [-0.2, 0) is 4.79 Å². The zero-order valence-corrected chi connectivity index (χ0v) is 13.7. The number of rotatable bonds is 8. The first-order chi connectivity index (χ1) is 11.6. The van der Waals surface area contributed by atoms with E-state index < -0.39 is 11.7 Å². The number of carbonyl (C=O) groups is 1. The van der Waals surface area contributed by atoms with Gasteiger partial charge in [-0.2, -0.15) is 0 Å². The van der Waals surface area contributed by atoms with Crippen LogP contribution in [0.25, 0.3) is 0 Å². The molecule has 0 saturated heterocycles. The van der Waals surface area contributed by atoms with Gasteiger partial charge >= 0.3 is 0 Å². The summed E-state index contributed by atoms with van der Waals surface area (Å²) in [7, 11) is 0. The summed E-state index contributed by atoms with van der Waals surface area (Å²) in [6.45, 7) is 4.45. The van der Waals surface area contributed by atoms with Gasteiger partial charge < -0.3 is 19.5 Å². The maximum absolute atomic E-state index is 13.4. The van der Waals surface area contributed by atoms with Gasteiger partial charge in [0.2, 0.25) is 0 Å². The molecule has 0 saturated carbocycles. The summed E-state index contributed by atoms with van der Waals surface area (Å²) in [6.07, 6.45) is 0. The number of halogens is 1. The first-order valence-electron chi connectivity index (χ1n) is 7.70. The van der Waals surface area contributed by atoms with E-state index in [1.807, 2.05) is 13.8 Å². The molecule has 0 aliphatic rings. The fraction of sp³-hybridized carbons (Fsp3) is 0.278. The van der Waals surface area contributed by atoms with E-state index in [-0.39, 0.29) is 12.4 Å². The van der Waals surface area contributed by atoms with Gasteiger partial charge in [-0.15, -0.1) is 0 Å². The van der Waals surface area contributed by atoms with Gasteiger partial charge in [0, 0.05) is 11.8 Å². The number of hydrogen-bond acceptors (Lipinski definition) is 4. The number of benzene rings is 2. The van der Waals surface area contributed by atoms with Gasteiger partial charge in [-0.05, 0) is 38.1 Å². The van der Waals surface area contributed by atoms with E-state index in [0.29, 0.717) is 30.4 Å². The highest BCUT2D eigenvalue weighted by atomic mass is 19.1. The molecular weight excluding hydrogens is 313 g/mol. The van der Waals surface area contributed by atoms with E-state index in [1.165, 1.54) is 12.1 Å². The third-order valence-corrected chi connectivity index (χ3v) is 3.02. The van der Waals surface area contributed by atoms with Crippen LogP contribution in [0.3, 0.4) is 0 Å². The average Bonchev–Trinajstić information content (AvgIpc) is 2.57. The van der Waals surface area contributed by atoms with Crippen LogP contribution in [0.1, 0.15) is 13.8 Å². The lowest BCUT2D eigenvalue weighted by Crippen LogP contribution is -2.20. The number of anilines is 1. The Hall–Kier alpha value is -2.76. The molecule has 24 heavy (non-hydrogen) atoms. The molecule has 6 heteroatoms. The second kappa shape index (κ2) is 8.76. The molecule has 0 heterocycles. The van der Waals surface area contributed by atoms with Crippen molar-refractivity contribution in [3.05, 3.63) is 48.3 Å². The monoisotopic (exact) mass is 333 g/mol. The molecule has 0 radical (unpaired) electrons. The molecule has 1 N–H and O–H groups in total. The summed E-state index contributed by atoms with van der Waals surface area (Å²) in [6, 6.07) is 11.0. The third-order valence-electron chi connectivity index (χ3n) is 3.02. The fourth-order valence-electron chi connectivity index (χ4n) is 2.03. The Morgan fingerprint density at radius 3 is 2.38 bits per heavy atom. The zero-order valence-electron chi connectivity index (χ0n) is 13.7. The highest BCUT2D eigenvalue weighted by Crippen LogP contribution is 2.30. The summed E-state index contributed by atoms with van der Waals surface area (Å²) >= 11 is 0. The van der Waals surface area contributed by atoms with Crippen molar-refractivity contribution in [2.45, 2.75) is 13.8 Å². The molecular formula is C18H20FNO4. The van der Waals surface area contributed by atoms with Crippen LogP contribution in [0.4, 0.5) is 10.1 Å². The molecule has 5 nitrogen and oxygen atoms in total. The Balaban J connectivity index is 1.98. The van der Waals surface area contributed by atoms with Crippen LogP contribution < -0.4 is 19.5 Å². The fourth-order valence-corrected chi connectivity index (χ4v) is 2.03. The molecule has 2 aromatic rings. The summed E-state index contributed by atoms with van der Waals surface area (Å²) in [5.41, 5.74) is 0.545. The summed E-state index contributed by atoms with van der Waals surface area (Å²) < 4.78 is 29.6. The topological polar surface area (TPSA) is 56.8 Å². The molecule has 0 aliphatic carbocycles. The lowest BCUT2D eigenvalue weighted by atomic mass is 10.2. The predicted octanol–water partition coefficient (Wildman–Crippen LogP) is 3.64. The first kappa shape index (κ1) is 17.6. The van der Waals surface area contributed by atoms with Crippen molar-refractivity contribution in [1.82, 2.24) is 0 Å². The van der Waals surface area contributed by atoms with Crippen molar-refractivity contribution >= 4 is 11.6 Å². The number of nitrogens with one attached hydrogen (secondary N) is 1. The molecule has 0 spiro atoms. The number of carbonyl (C=O) groups excluding carboxylic acids is 1. The zero-order chi connectivity index (χ0) is 17.4. The minimum absolute atomic E-state index is 0.0364. The van der Waals surface area contributed by atoms with E-state index in [1.54, 1.807) is 30.3 Å². The van der Waals surface area contributed by atoms with Gasteiger partial charge in [0.1, 0.15) is 0 Å². The molecule has 0 atom stereocenters. The van der Waals surface area contributed by atoms with E-state index >= 15 is 0 Å². The largest absolute Gasteiger partial charge is 0.490 e. The number of ether oxygens (including phenoxy) is 3. The quantitative estimate of drug-likeness (QED) is 0.801. The standard InChI is InChI=1S/C18H20FNO4/c1-3-22-16-10-9-13(11-17(16)23-4-2)20-18(21)12-24-15-8-6-5-7-14(15)19/h5-11H,3-4,12H2,1-2H3,(H,20,21). The molecule has 1 amide bonds. The van der Waals surface area contributed by atoms with Crippen LogP contribution in [0.2, 0.25) is 0 Å². The average molecular weight is 333 g/mol. The van der Waals surface area contributed by atoms with Crippen LogP contribution in [-0.4, -0.2) is 25.7 Å². The van der Waals surface area contributed by atoms with E-state index in [0.717, 1.165) is 0 Å². The van der Waals surface area contributed by atoms with E-state index in [9.17, 15) is 9.18 Å². The first-order valence-corrected chi connectivity index (χ1v) is 7.70. The third kappa shape index (κ3) is 4.87. The summed E-state index contributed by atoms with van der Waals surface area (Å²) in [5, 5.41) is 2.68. The van der Waals surface area contributed by atoms with Gasteiger partial charge in [0.15, 0.2) is 29.7 Å². The Morgan fingerprint density at radius 2 is 1.67 bits per heavy atom. The Morgan fingerprint density at radius 1 is 0.958 bits per heavy atom. The molecule has 0 fully saturated rings. The molecule has 128 valence electrons. The number of para-hydroxylation sites is 1. The second-order valence-electron chi connectivity index (χ2n) is 4.79. The smallest absolute Gasteiger partial charge is 0.262 e. The maximum Gasteiger partial charge on any atom is 0.262 e. The lowest BCUT2D eigenvalue weighted by molar-refractivity contribution is -0.118. The van der Waals surface area contributed by atoms with E-state index in [2.05, 4.69) is 5.32 Å².